The van der Waals surface area contributed by atoms with Gasteiger partial charge in [-0.3, -0.25) is 14.7 Å². The zero-order valence-electron chi connectivity index (χ0n) is 8.13. The number of hydrogen-bond acceptors (Lipinski definition) is 3. The summed E-state index contributed by atoms with van der Waals surface area (Å²) in [5, 5.41) is 14.9. The molecule has 0 bridgehead atoms. The maximum Gasteiger partial charge on any atom is 0.303 e. The number of aromatic amines is 1. The average Bonchev–Trinajstić information content (AvgIpc) is 2.44. The Hall–Kier alpha value is -1.65. The van der Waals surface area contributed by atoms with Crippen molar-refractivity contribution < 1.29 is 14.7 Å². The number of aryl methyl sites for hydroxylation is 1. The van der Waals surface area contributed by atoms with Crippen LogP contribution in [0.4, 0.5) is 0 Å². The van der Waals surface area contributed by atoms with E-state index in [1.54, 1.807) is 6.92 Å². The van der Waals surface area contributed by atoms with Crippen molar-refractivity contribution in [2.75, 3.05) is 0 Å². The molecule has 1 rings (SSSR count). The molecule has 1 aromatic rings. The minimum absolute atomic E-state index is 0.000463. The number of aromatic nitrogens is 2. The molecular formula is C9H12N2O3. The Morgan fingerprint density at radius 1 is 1.36 bits per heavy atom. The third-order valence-electron chi connectivity index (χ3n) is 2.08. The highest BCUT2D eigenvalue weighted by molar-refractivity contribution is 5.97. The molecule has 0 aliphatic rings. The average molecular weight is 196 g/mol. The van der Waals surface area contributed by atoms with E-state index in [1.807, 2.05) is 6.92 Å². The molecule has 0 fully saturated rings. The number of nitrogens with zero attached hydrogens (tertiary/aromatic N) is 1. The lowest BCUT2D eigenvalue weighted by atomic mass is 10.1. The third kappa shape index (κ3) is 2.18. The van der Waals surface area contributed by atoms with Gasteiger partial charge in [-0.15, -0.1) is 0 Å². The minimum Gasteiger partial charge on any atom is -0.481 e. The van der Waals surface area contributed by atoms with Gasteiger partial charge in [-0.1, -0.05) is 0 Å². The van der Waals surface area contributed by atoms with E-state index in [-0.39, 0.29) is 18.6 Å². The fourth-order valence-corrected chi connectivity index (χ4v) is 1.10. The fourth-order valence-electron chi connectivity index (χ4n) is 1.10. The van der Waals surface area contributed by atoms with Gasteiger partial charge in [-0.2, -0.15) is 5.10 Å². The summed E-state index contributed by atoms with van der Waals surface area (Å²) in [6.45, 7) is 3.60. The molecule has 5 heteroatoms. The van der Waals surface area contributed by atoms with Gasteiger partial charge >= 0.3 is 5.97 Å². The summed E-state index contributed by atoms with van der Waals surface area (Å²) in [5.41, 5.74) is 1.98. The lowest BCUT2D eigenvalue weighted by Crippen LogP contribution is -2.05. The van der Waals surface area contributed by atoms with Crippen molar-refractivity contribution in [2.24, 2.45) is 0 Å². The summed E-state index contributed by atoms with van der Waals surface area (Å²) in [6.07, 6.45) is -0.148. The fraction of sp³-hybridized carbons (Fsp3) is 0.444. The minimum atomic E-state index is -0.969. The monoisotopic (exact) mass is 196 g/mol. The Bertz CT molecular complexity index is 368. The van der Waals surface area contributed by atoms with Crippen LogP contribution in [0.2, 0.25) is 0 Å². The van der Waals surface area contributed by atoms with E-state index in [2.05, 4.69) is 10.2 Å². The Kier molecular flexibility index (Phi) is 3.01. The van der Waals surface area contributed by atoms with E-state index in [0.717, 1.165) is 11.3 Å². The highest BCUT2D eigenvalue weighted by Gasteiger charge is 2.14. The van der Waals surface area contributed by atoms with Gasteiger partial charge in [0.05, 0.1) is 6.42 Å². The molecule has 0 aliphatic heterocycles. The van der Waals surface area contributed by atoms with Crippen LogP contribution in [-0.4, -0.2) is 27.1 Å². The molecule has 0 atom stereocenters. The number of ketones is 1. The lowest BCUT2D eigenvalue weighted by molar-refractivity contribution is -0.136. The zero-order valence-corrected chi connectivity index (χ0v) is 8.13. The molecule has 0 aliphatic carbocycles. The van der Waals surface area contributed by atoms with Gasteiger partial charge in [0.25, 0.3) is 0 Å². The van der Waals surface area contributed by atoms with Crippen LogP contribution in [0, 0.1) is 13.8 Å². The number of carboxylic acids is 1. The van der Waals surface area contributed by atoms with Gasteiger partial charge in [0.15, 0.2) is 5.78 Å². The molecule has 0 unspecified atom stereocenters. The quantitative estimate of drug-likeness (QED) is 0.705. The number of aliphatic carboxylic acids is 1. The van der Waals surface area contributed by atoms with Crippen LogP contribution in [0.5, 0.6) is 0 Å². The third-order valence-corrected chi connectivity index (χ3v) is 2.08. The number of carbonyl (C=O) groups excluding carboxylic acids is 1. The Balaban J connectivity index is 2.70. The van der Waals surface area contributed by atoms with E-state index < -0.39 is 5.97 Å². The molecule has 5 nitrogen and oxygen atoms in total. The van der Waals surface area contributed by atoms with Crippen molar-refractivity contribution in [1.29, 1.82) is 0 Å². The van der Waals surface area contributed by atoms with E-state index >= 15 is 0 Å². The highest BCUT2D eigenvalue weighted by Crippen LogP contribution is 2.11. The van der Waals surface area contributed by atoms with Crippen molar-refractivity contribution in [1.82, 2.24) is 10.2 Å². The van der Waals surface area contributed by atoms with Crippen molar-refractivity contribution in [3.05, 3.63) is 17.0 Å². The van der Waals surface area contributed by atoms with E-state index in [1.165, 1.54) is 0 Å². The Morgan fingerprint density at radius 3 is 2.43 bits per heavy atom. The van der Waals surface area contributed by atoms with E-state index in [9.17, 15) is 9.59 Å². The largest absolute Gasteiger partial charge is 0.481 e. The molecule has 0 saturated carbocycles. The number of Topliss-reactive ketones (excluding diaryl/α,β-unsaturated/α-hetero) is 1. The number of H-pyrrole nitrogens is 1. The number of carboxylic acid groups (broad SMARTS) is 1. The first-order chi connectivity index (χ1) is 6.52. The van der Waals surface area contributed by atoms with Gasteiger partial charge in [0.1, 0.15) is 5.69 Å². The molecule has 0 amide bonds. The van der Waals surface area contributed by atoms with Crippen LogP contribution in [-0.2, 0) is 4.79 Å². The van der Waals surface area contributed by atoms with Crippen molar-refractivity contribution >= 4 is 11.8 Å². The second-order valence-electron chi connectivity index (χ2n) is 3.14. The summed E-state index contributed by atoms with van der Waals surface area (Å²) >= 11 is 0. The second kappa shape index (κ2) is 4.04. The maximum absolute atomic E-state index is 11.4. The lowest BCUT2D eigenvalue weighted by Gasteiger charge is -1.95. The first-order valence-electron chi connectivity index (χ1n) is 4.29. The van der Waals surface area contributed by atoms with Crippen LogP contribution < -0.4 is 0 Å². The standard InChI is InChI=1S/C9H12N2O3/c1-5-6(2)10-11-9(5)7(12)3-4-8(13)14/h3-4H2,1-2H3,(H,10,11)(H,13,14). The topological polar surface area (TPSA) is 83.0 Å². The van der Waals surface area contributed by atoms with Gasteiger partial charge in [-0.05, 0) is 13.8 Å². The molecule has 0 spiro atoms. The molecule has 76 valence electrons. The van der Waals surface area contributed by atoms with E-state index in [0.29, 0.717) is 5.69 Å². The smallest absolute Gasteiger partial charge is 0.303 e. The van der Waals surface area contributed by atoms with Gasteiger partial charge in [0.2, 0.25) is 0 Å². The number of hydrogen-bond donors (Lipinski definition) is 2. The predicted molar refractivity (Wildman–Crippen MR) is 49.3 cm³/mol. The summed E-state index contributed by atoms with van der Waals surface area (Å²) in [4.78, 5) is 21.7. The maximum atomic E-state index is 11.4. The SMILES string of the molecule is Cc1[nH]nc(C(=O)CCC(=O)O)c1C. The molecule has 1 aromatic heterocycles. The zero-order chi connectivity index (χ0) is 10.7. The first-order valence-corrected chi connectivity index (χ1v) is 4.29. The molecule has 0 aromatic carbocycles. The Morgan fingerprint density at radius 2 is 2.00 bits per heavy atom. The molecule has 14 heavy (non-hydrogen) atoms. The van der Waals surface area contributed by atoms with Gasteiger partial charge in [0, 0.05) is 17.7 Å². The van der Waals surface area contributed by atoms with Gasteiger partial charge in [-0.25, -0.2) is 0 Å². The molecule has 0 radical (unpaired) electrons. The van der Waals surface area contributed by atoms with Gasteiger partial charge < -0.3 is 5.11 Å². The van der Waals surface area contributed by atoms with Crippen LogP contribution in [0.1, 0.15) is 34.6 Å². The summed E-state index contributed by atoms with van der Waals surface area (Å²) < 4.78 is 0. The summed E-state index contributed by atoms with van der Waals surface area (Å²) in [5.74, 6) is -1.20. The molecule has 1 heterocycles. The van der Waals surface area contributed by atoms with Crippen LogP contribution >= 0.6 is 0 Å². The van der Waals surface area contributed by atoms with Crippen molar-refractivity contribution in [3.63, 3.8) is 0 Å². The Labute approximate surface area is 81.1 Å². The van der Waals surface area contributed by atoms with Crippen molar-refractivity contribution in [3.8, 4) is 0 Å². The van der Waals surface area contributed by atoms with E-state index in [4.69, 9.17) is 5.11 Å². The first kappa shape index (κ1) is 10.4. The molecule has 2 N–H and O–H groups in total. The van der Waals surface area contributed by atoms with Crippen LogP contribution in [0.15, 0.2) is 0 Å². The molecular weight excluding hydrogens is 184 g/mol. The summed E-state index contributed by atoms with van der Waals surface area (Å²) in [6, 6.07) is 0. The second-order valence-corrected chi connectivity index (χ2v) is 3.14. The van der Waals surface area contributed by atoms with Crippen LogP contribution in [0.25, 0.3) is 0 Å². The van der Waals surface area contributed by atoms with Crippen LogP contribution in [0.3, 0.4) is 0 Å². The highest BCUT2D eigenvalue weighted by atomic mass is 16.4. The molecule has 0 saturated heterocycles. The normalized spacial score (nSPS) is 10.1. The number of rotatable bonds is 4. The summed E-state index contributed by atoms with van der Waals surface area (Å²) in [7, 11) is 0. The predicted octanol–water partition coefficient (Wildman–Crippen LogP) is 1.07. The number of nitrogens with one attached hydrogen (secondary N) is 1. The number of carbonyl (C=O) groups is 2. The van der Waals surface area contributed by atoms with Crippen molar-refractivity contribution in [2.45, 2.75) is 26.7 Å².